The van der Waals surface area contributed by atoms with Gasteiger partial charge in [0.1, 0.15) is 17.8 Å². The predicted octanol–water partition coefficient (Wildman–Crippen LogP) is 5.87. The number of phenolic OH excluding ortho intramolecular Hbond substituents is 1. The molecule has 5 aromatic rings. The Balaban J connectivity index is 0.649. The molecule has 2 unspecified atom stereocenters. The number of likely N-dealkylation sites (tertiary alicyclic amines) is 2. The van der Waals surface area contributed by atoms with Gasteiger partial charge in [-0.3, -0.25) is 4.79 Å². The minimum atomic E-state index is -0.450. The summed E-state index contributed by atoms with van der Waals surface area (Å²) in [5.41, 5.74) is 4.83. The zero-order valence-corrected chi connectivity index (χ0v) is 35.1. The van der Waals surface area contributed by atoms with Gasteiger partial charge in [-0.25, -0.2) is 9.97 Å². The number of aromatic amines is 1. The van der Waals surface area contributed by atoms with Crippen LogP contribution in [0.2, 0.25) is 0 Å². The van der Waals surface area contributed by atoms with Crippen LogP contribution in [0.25, 0.3) is 22.3 Å². The number of rotatable bonds is 10. The Labute approximate surface area is 355 Å². The van der Waals surface area contributed by atoms with E-state index in [4.69, 9.17) is 19.2 Å². The third-order valence-electron chi connectivity index (χ3n) is 15.0. The number of ether oxygens (including phenoxy) is 1. The third-order valence-corrected chi connectivity index (χ3v) is 15.0. The van der Waals surface area contributed by atoms with Crippen LogP contribution in [0, 0.1) is 11.3 Å². The maximum absolute atomic E-state index is 13.3. The van der Waals surface area contributed by atoms with Crippen molar-refractivity contribution in [2.75, 3.05) is 49.1 Å². The van der Waals surface area contributed by atoms with Crippen molar-refractivity contribution in [1.29, 1.82) is 0 Å². The molecule has 4 aliphatic heterocycles. The van der Waals surface area contributed by atoms with Gasteiger partial charge in [-0.1, -0.05) is 26.0 Å². The van der Waals surface area contributed by atoms with E-state index in [1.165, 1.54) is 18.4 Å². The van der Waals surface area contributed by atoms with Crippen molar-refractivity contribution in [2.24, 2.45) is 11.3 Å². The monoisotopic (exact) mass is 828 g/mol. The van der Waals surface area contributed by atoms with Crippen LogP contribution >= 0.6 is 0 Å². The smallest absolute Gasteiger partial charge is 0.254 e. The van der Waals surface area contributed by atoms with E-state index in [9.17, 15) is 15.0 Å². The Hall–Kier alpha value is -5.28. The number of piperidine rings is 1. The van der Waals surface area contributed by atoms with E-state index in [0.29, 0.717) is 71.9 Å². The molecular formula is C46H56N10O5. The first kappa shape index (κ1) is 38.6. The molecule has 4 atom stereocenters. The quantitative estimate of drug-likeness (QED) is 0.153. The maximum Gasteiger partial charge on any atom is 0.254 e. The Morgan fingerprint density at radius 3 is 2.38 bits per heavy atom. The highest BCUT2D eigenvalue weighted by atomic mass is 16.5. The van der Waals surface area contributed by atoms with Crippen molar-refractivity contribution in [1.82, 2.24) is 40.1 Å². The summed E-state index contributed by atoms with van der Waals surface area (Å²) >= 11 is 0. The van der Waals surface area contributed by atoms with Crippen LogP contribution in [-0.2, 0) is 4.79 Å². The molecule has 320 valence electrons. The number of aliphatic hydroxyl groups excluding tert-OH is 1. The molecule has 6 aliphatic rings. The fraction of sp³-hybridized carbons (Fsp3) is 0.565. The summed E-state index contributed by atoms with van der Waals surface area (Å²) in [6.07, 6.45) is 15.6. The number of β-amino-alcohol motifs (C(OH)–C–C–N with tert-alkyl or cyclic N) is 1. The van der Waals surface area contributed by atoms with E-state index in [-0.39, 0.29) is 23.7 Å². The van der Waals surface area contributed by atoms with Crippen LogP contribution in [0.4, 0.5) is 11.6 Å². The predicted molar refractivity (Wildman–Crippen MR) is 228 cm³/mol. The van der Waals surface area contributed by atoms with E-state index in [1.54, 1.807) is 17.0 Å². The summed E-state index contributed by atoms with van der Waals surface area (Å²) in [4.78, 5) is 36.0. The number of aliphatic hydroxyl groups is 1. The molecule has 3 N–H and O–H groups in total. The van der Waals surface area contributed by atoms with Gasteiger partial charge >= 0.3 is 0 Å². The number of H-pyrrole nitrogens is 1. The number of nitrogens with one attached hydrogen (secondary N) is 1. The second-order valence-corrected chi connectivity index (χ2v) is 19.2. The minimum Gasteiger partial charge on any atom is -0.507 e. The zero-order valence-electron chi connectivity index (χ0n) is 35.1. The number of fused-ring (bicyclic) bond motifs is 3. The van der Waals surface area contributed by atoms with Crippen LogP contribution in [0.15, 0.2) is 59.5 Å². The summed E-state index contributed by atoms with van der Waals surface area (Å²) < 4.78 is 11.9. The van der Waals surface area contributed by atoms with E-state index in [0.717, 1.165) is 87.4 Å². The summed E-state index contributed by atoms with van der Waals surface area (Å²) in [6.45, 7) is 8.98. The number of phenols is 1. The average molecular weight is 829 g/mol. The Morgan fingerprint density at radius 1 is 0.918 bits per heavy atom. The van der Waals surface area contributed by atoms with Crippen molar-refractivity contribution < 1.29 is 24.3 Å². The number of carbonyl (C=O) groups is 1. The van der Waals surface area contributed by atoms with Crippen LogP contribution < -0.4 is 14.5 Å². The summed E-state index contributed by atoms with van der Waals surface area (Å²) in [7, 11) is 0. The molecule has 1 aromatic carbocycles. The molecule has 4 saturated heterocycles. The lowest BCUT2D eigenvalue weighted by Gasteiger charge is -2.60. The number of hydrogen-bond acceptors (Lipinski definition) is 13. The van der Waals surface area contributed by atoms with Crippen LogP contribution in [0.1, 0.15) is 94.8 Å². The number of anilines is 2. The second-order valence-electron chi connectivity index (χ2n) is 19.2. The van der Waals surface area contributed by atoms with Crippen molar-refractivity contribution in [2.45, 2.75) is 114 Å². The molecule has 61 heavy (non-hydrogen) atoms. The molecule has 2 aliphatic carbocycles. The number of piperazine rings is 1. The van der Waals surface area contributed by atoms with Gasteiger partial charge in [0.25, 0.3) is 5.88 Å². The van der Waals surface area contributed by atoms with Gasteiger partial charge in [0.05, 0.1) is 17.5 Å². The number of para-hydroxylation sites is 1. The normalized spacial score (nSPS) is 28.5. The Morgan fingerprint density at radius 2 is 1.67 bits per heavy atom. The first-order valence-corrected chi connectivity index (χ1v) is 22.5. The molecule has 8 heterocycles. The molecule has 2 saturated carbocycles. The number of benzene rings is 1. The molecule has 11 rings (SSSR count). The van der Waals surface area contributed by atoms with Crippen molar-refractivity contribution in [3.63, 3.8) is 0 Å². The van der Waals surface area contributed by atoms with Gasteiger partial charge in [-0.15, -0.1) is 10.2 Å². The number of nitrogens with zero attached hydrogens (tertiary/aromatic N) is 9. The number of amides is 1. The molecule has 1 amide bonds. The van der Waals surface area contributed by atoms with Crippen molar-refractivity contribution >= 4 is 28.6 Å². The largest absolute Gasteiger partial charge is 0.507 e. The lowest BCUT2D eigenvalue weighted by molar-refractivity contribution is -0.133. The highest BCUT2D eigenvalue weighted by Crippen LogP contribution is 2.58. The maximum atomic E-state index is 13.3. The van der Waals surface area contributed by atoms with Gasteiger partial charge in [0.2, 0.25) is 11.9 Å². The lowest BCUT2D eigenvalue weighted by Crippen LogP contribution is -2.59. The molecule has 15 nitrogen and oxygen atoms in total. The number of hydrogen-bond donors (Lipinski definition) is 3. The first-order chi connectivity index (χ1) is 29.7. The molecule has 2 bridgehead atoms. The number of aromatic nitrogens is 6. The molecule has 1 spiro atoms. The van der Waals surface area contributed by atoms with Gasteiger partial charge in [0.15, 0.2) is 11.4 Å². The van der Waals surface area contributed by atoms with E-state index < -0.39 is 12.0 Å². The lowest BCUT2D eigenvalue weighted by atomic mass is 9.52. The van der Waals surface area contributed by atoms with Crippen LogP contribution in [0.3, 0.4) is 0 Å². The molecule has 15 heteroatoms. The number of carbonyl (C=O) groups excluding carboxylic acids is 1. The molecular weight excluding hydrogens is 773 g/mol. The van der Waals surface area contributed by atoms with Gasteiger partial charge in [-0.05, 0) is 117 Å². The summed E-state index contributed by atoms with van der Waals surface area (Å²) in [5.74, 6) is 2.15. The van der Waals surface area contributed by atoms with Gasteiger partial charge in [0, 0.05) is 79.9 Å². The van der Waals surface area contributed by atoms with Crippen LogP contribution in [-0.4, -0.2) is 126 Å². The Kier molecular flexibility index (Phi) is 9.66. The topological polar surface area (TPSA) is 173 Å². The van der Waals surface area contributed by atoms with E-state index >= 15 is 0 Å². The third kappa shape index (κ3) is 7.07. The first-order valence-electron chi connectivity index (χ1n) is 22.5. The van der Waals surface area contributed by atoms with E-state index in [1.807, 2.05) is 44.3 Å². The van der Waals surface area contributed by atoms with E-state index in [2.05, 4.69) is 47.4 Å². The molecule has 0 radical (unpaired) electrons. The average Bonchev–Trinajstić information content (AvgIpc) is 4.04. The number of aromatic hydroxyl groups is 1. The summed E-state index contributed by atoms with van der Waals surface area (Å²) in [6, 6.07) is 12.4. The summed E-state index contributed by atoms with van der Waals surface area (Å²) in [5, 5.41) is 34.4. The second kappa shape index (κ2) is 15.3. The van der Waals surface area contributed by atoms with Crippen molar-refractivity contribution in [3.05, 3.63) is 66.3 Å². The Bertz CT molecular complexity index is 2360. The zero-order chi connectivity index (χ0) is 41.4. The fourth-order valence-corrected chi connectivity index (χ4v) is 11.7. The minimum absolute atomic E-state index is 0.0111. The highest BCUT2D eigenvalue weighted by molar-refractivity contribution is 5.93. The van der Waals surface area contributed by atoms with Crippen molar-refractivity contribution in [3.8, 4) is 22.9 Å². The molecule has 4 aromatic heterocycles. The van der Waals surface area contributed by atoms with Crippen LogP contribution in [0.5, 0.6) is 11.6 Å². The fourth-order valence-electron chi connectivity index (χ4n) is 11.7. The highest BCUT2D eigenvalue weighted by Gasteiger charge is 2.55. The van der Waals surface area contributed by atoms with Gasteiger partial charge < -0.3 is 44.1 Å². The molecule has 6 fully saturated rings. The van der Waals surface area contributed by atoms with Gasteiger partial charge in [-0.2, -0.15) is 0 Å². The SMILES string of the molecule is CC(C)[C@@H](C(=O)N1CC[C@@H](O)C1)c1cc(OC2CC3(C2)CC(N2CCC(c4cnc(N5C6CCC5CN(c5c[nH]c7nnc(-c8ccccc8O)cc57)C6)nc4)CC2)C3)no1. The standard InChI is InChI=1S/C46H56N10O5/c1-27(2)42(44(59)54-14-11-33(57)26-54)40-16-41(52-61-40)60-34-19-46(20-34)17-32(18-46)53-12-9-28(10-13-53)29-21-48-45(49-22-29)56-30-7-8-31(56)25-55(24-30)38-23-47-43-36(38)15-37(50-51-43)35-5-3-4-6-39(35)58/h3-6,15-16,21-23,27-28,30-34,42,57-58H,7-14,17-20,24-26H2,1-2H3,(H,47,51)/t30?,31?,32?,33-,34?,42-,46?/m1/s1.